The largest absolute Gasteiger partial charge is 0.378 e. The molecule has 90 valence electrons. The molecule has 0 bridgehead atoms. The van der Waals surface area contributed by atoms with E-state index in [9.17, 15) is 0 Å². The van der Waals surface area contributed by atoms with Gasteiger partial charge < -0.3 is 9.30 Å². The number of nitrogens with zero attached hydrogens (tertiary/aromatic N) is 3. The average Bonchev–Trinajstić information content (AvgIpc) is 2.82. The van der Waals surface area contributed by atoms with Crippen LogP contribution in [0, 0.1) is 0 Å². The predicted molar refractivity (Wildman–Crippen MR) is 75.0 cm³/mol. The molecular formula is C15H15N3. The minimum absolute atomic E-state index is 0.972. The van der Waals surface area contributed by atoms with Crippen molar-refractivity contribution in [1.29, 1.82) is 0 Å². The fourth-order valence-corrected chi connectivity index (χ4v) is 2.00. The summed E-state index contributed by atoms with van der Waals surface area (Å²) >= 11 is 0. The van der Waals surface area contributed by atoms with Gasteiger partial charge in [0, 0.05) is 43.8 Å². The molecule has 0 atom stereocenters. The number of hydrogen-bond acceptors (Lipinski definition) is 2. The maximum Gasteiger partial charge on any atom is 0.139 e. The number of fused-ring (bicyclic) bond motifs is 1. The third-order valence-corrected chi connectivity index (χ3v) is 3.03. The summed E-state index contributed by atoms with van der Waals surface area (Å²) in [5.74, 6) is 0. The van der Waals surface area contributed by atoms with Crippen LogP contribution in [0.3, 0.4) is 0 Å². The molecule has 0 aliphatic heterocycles. The lowest BCUT2D eigenvalue weighted by Gasteiger charge is -2.11. The number of rotatable bonds is 2. The van der Waals surface area contributed by atoms with Gasteiger partial charge in [-0.25, -0.2) is 4.98 Å². The van der Waals surface area contributed by atoms with Gasteiger partial charge in [0.25, 0.3) is 0 Å². The molecule has 2 heterocycles. The zero-order valence-corrected chi connectivity index (χ0v) is 10.5. The fourth-order valence-electron chi connectivity index (χ4n) is 2.00. The van der Waals surface area contributed by atoms with Crippen molar-refractivity contribution in [3.63, 3.8) is 0 Å². The number of anilines is 1. The Morgan fingerprint density at radius 1 is 1.06 bits per heavy atom. The molecule has 0 fully saturated rings. The van der Waals surface area contributed by atoms with E-state index in [0.717, 1.165) is 22.6 Å². The number of aromatic nitrogens is 2. The molecule has 1 aromatic carbocycles. The van der Waals surface area contributed by atoms with E-state index in [4.69, 9.17) is 0 Å². The maximum atomic E-state index is 4.66. The fraction of sp³-hybridized carbons (Fsp3) is 0.133. The molecule has 0 spiro atoms. The Bertz CT molecular complexity index is 669. The summed E-state index contributed by atoms with van der Waals surface area (Å²) in [4.78, 5) is 6.74. The van der Waals surface area contributed by atoms with Crippen LogP contribution in [-0.4, -0.2) is 23.5 Å². The smallest absolute Gasteiger partial charge is 0.139 e. The van der Waals surface area contributed by atoms with Gasteiger partial charge in [-0.2, -0.15) is 0 Å². The van der Waals surface area contributed by atoms with Crippen molar-refractivity contribution in [3.05, 3.63) is 54.9 Å². The Balaban J connectivity index is 2.11. The van der Waals surface area contributed by atoms with E-state index in [-0.39, 0.29) is 0 Å². The minimum Gasteiger partial charge on any atom is -0.378 e. The Kier molecular flexibility index (Phi) is 2.52. The van der Waals surface area contributed by atoms with Gasteiger partial charge in [-0.1, -0.05) is 30.3 Å². The second-order valence-electron chi connectivity index (χ2n) is 4.54. The zero-order chi connectivity index (χ0) is 12.5. The second-order valence-corrected chi connectivity index (χ2v) is 4.54. The van der Waals surface area contributed by atoms with Crippen LogP contribution in [-0.2, 0) is 0 Å². The van der Waals surface area contributed by atoms with E-state index >= 15 is 0 Å². The Morgan fingerprint density at radius 2 is 1.83 bits per heavy atom. The Morgan fingerprint density at radius 3 is 2.56 bits per heavy atom. The standard InChI is InChI=1S/C15H15N3/c1-17(2)13-8-9-18-11-14(16-15(18)10-13)12-6-4-3-5-7-12/h3-11H,1-2H3. The molecule has 0 N–H and O–H groups in total. The van der Waals surface area contributed by atoms with Crippen molar-refractivity contribution >= 4 is 11.3 Å². The highest BCUT2D eigenvalue weighted by molar-refractivity contribution is 5.65. The number of benzene rings is 1. The molecule has 0 radical (unpaired) electrons. The van der Waals surface area contributed by atoms with Gasteiger partial charge in [-0.05, 0) is 6.07 Å². The molecule has 2 aromatic heterocycles. The monoisotopic (exact) mass is 237 g/mol. The topological polar surface area (TPSA) is 20.5 Å². The van der Waals surface area contributed by atoms with Crippen LogP contribution >= 0.6 is 0 Å². The molecule has 3 nitrogen and oxygen atoms in total. The summed E-state index contributed by atoms with van der Waals surface area (Å²) < 4.78 is 2.05. The van der Waals surface area contributed by atoms with Crippen LogP contribution in [0.4, 0.5) is 5.69 Å². The van der Waals surface area contributed by atoms with Crippen LogP contribution in [0.2, 0.25) is 0 Å². The van der Waals surface area contributed by atoms with Crippen molar-refractivity contribution in [2.24, 2.45) is 0 Å². The summed E-state index contributed by atoms with van der Waals surface area (Å²) in [5, 5.41) is 0. The highest BCUT2D eigenvalue weighted by Crippen LogP contribution is 2.21. The van der Waals surface area contributed by atoms with Gasteiger partial charge >= 0.3 is 0 Å². The quantitative estimate of drug-likeness (QED) is 0.682. The average molecular weight is 237 g/mol. The lowest BCUT2D eigenvalue weighted by molar-refractivity contribution is 1.10. The van der Waals surface area contributed by atoms with Crippen molar-refractivity contribution in [3.8, 4) is 11.3 Å². The molecule has 0 saturated carbocycles. The molecule has 0 aliphatic rings. The summed E-state index contributed by atoms with van der Waals surface area (Å²) in [5.41, 5.74) is 4.28. The van der Waals surface area contributed by atoms with E-state index in [0.29, 0.717) is 0 Å². The van der Waals surface area contributed by atoms with Crippen LogP contribution in [0.15, 0.2) is 54.9 Å². The Hall–Kier alpha value is -2.29. The number of pyridine rings is 1. The molecule has 3 aromatic rings. The normalized spacial score (nSPS) is 10.8. The van der Waals surface area contributed by atoms with Gasteiger partial charge in [0.1, 0.15) is 5.65 Å². The zero-order valence-electron chi connectivity index (χ0n) is 10.5. The van der Waals surface area contributed by atoms with Gasteiger partial charge in [-0.3, -0.25) is 0 Å². The summed E-state index contributed by atoms with van der Waals surface area (Å²) in [6, 6.07) is 14.4. The lowest BCUT2D eigenvalue weighted by atomic mass is 10.2. The first-order chi connectivity index (χ1) is 8.74. The van der Waals surface area contributed by atoms with E-state index in [1.165, 1.54) is 0 Å². The summed E-state index contributed by atoms with van der Waals surface area (Å²) in [7, 11) is 4.07. The molecular weight excluding hydrogens is 222 g/mol. The van der Waals surface area contributed by atoms with E-state index in [1.54, 1.807) is 0 Å². The van der Waals surface area contributed by atoms with Crippen LogP contribution in [0.1, 0.15) is 0 Å². The molecule has 0 saturated heterocycles. The molecule has 0 unspecified atom stereocenters. The summed E-state index contributed by atoms with van der Waals surface area (Å²) in [6.07, 6.45) is 4.11. The van der Waals surface area contributed by atoms with Crippen LogP contribution < -0.4 is 4.90 Å². The van der Waals surface area contributed by atoms with Crippen molar-refractivity contribution in [2.75, 3.05) is 19.0 Å². The molecule has 3 heteroatoms. The van der Waals surface area contributed by atoms with Crippen molar-refractivity contribution in [1.82, 2.24) is 9.38 Å². The van der Waals surface area contributed by atoms with Gasteiger partial charge in [0.15, 0.2) is 0 Å². The van der Waals surface area contributed by atoms with Gasteiger partial charge in [-0.15, -0.1) is 0 Å². The number of imidazole rings is 1. The van der Waals surface area contributed by atoms with Crippen LogP contribution in [0.5, 0.6) is 0 Å². The van der Waals surface area contributed by atoms with E-state index in [1.807, 2.05) is 38.5 Å². The van der Waals surface area contributed by atoms with Gasteiger partial charge in [0.05, 0.1) is 5.69 Å². The molecule has 3 rings (SSSR count). The lowest BCUT2D eigenvalue weighted by Crippen LogP contribution is -2.08. The van der Waals surface area contributed by atoms with E-state index in [2.05, 4.69) is 44.7 Å². The minimum atomic E-state index is 0.972. The summed E-state index contributed by atoms with van der Waals surface area (Å²) in [6.45, 7) is 0. The highest BCUT2D eigenvalue weighted by Gasteiger charge is 2.05. The molecule has 18 heavy (non-hydrogen) atoms. The SMILES string of the molecule is CN(C)c1ccn2cc(-c3ccccc3)nc2c1. The number of hydrogen-bond donors (Lipinski definition) is 0. The Labute approximate surface area is 106 Å². The predicted octanol–water partition coefficient (Wildman–Crippen LogP) is 3.07. The van der Waals surface area contributed by atoms with Gasteiger partial charge in [0.2, 0.25) is 0 Å². The molecule has 0 amide bonds. The maximum absolute atomic E-state index is 4.66. The third kappa shape index (κ3) is 1.84. The third-order valence-electron chi connectivity index (χ3n) is 3.03. The van der Waals surface area contributed by atoms with Crippen molar-refractivity contribution in [2.45, 2.75) is 0 Å². The first-order valence-corrected chi connectivity index (χ1v) is 5.95. The first kappa shape index (κ1) is 10.8. The van der Waals surface area contributed by atoms with Crippen LogP contribution in [0.25, 0.3) is 16.9 Å². The second kappa shape index (κ2) is 4.18. The van der Waals surface area contributed by atoms with E-state index < -0.39 is 0 Å². The highest BCUT2D eigenvalue weighted by atomic mass is 15.1. The molecule has 0 aliphatic carbocycles. The first-order valence-electron chi connectivity index (χ1n) is 5.95. The van der Waals surface area contributed by atoms with Crippen molar-refractivity contribution < 1.29 is 0 Å².